The van der Waals surface area contributed by atoms with E-state index >= 15 is 0 Å². The highest BCUT2D eigenvalue weighted by Crippen LogP contribution is 2.26. The molecule has 20 heavy (non-hydrogen) atoms. The van der Waals surface area contributed by atoms with E-state index in [4.69, 9.17) is 0 Å². The van der Waals surface area contributed by atoms with E-state index in [1.165, 1.54) is 0 Å². The number of pyridine rings is 1. The van der Waals surface area contributed by atoms with E-state index < -0.39 is 0 Å². The second kappa shape index (κ2) is 4.42. The van der Waals surface area contributed by atoms with Gasteiger partial charge in [0.2, 0.25) is 0 Å². The number of aromatic amines is 1. The van der Waals surface area contributed by atoms with E-state index in [-0.39, 0.29) is 5.56 Å². The number of aromatic nitrogens is 4. The fourth-order valence-electron chi connectivity index (χ4n) is 2.98. The predicted molar refractivity (Wildman–Crippen MR) is 76.0 cm³/mol. The monoisotopic (exact) mass is 269 g/mol. The van der Waals surface area contributed by atoms with Crippen molar-refractivity contribution in [3.8, 4) is 0 Å². The fourth-order valence-corrected chi connectivity index (χ4v) is 2.98. The van der Waals surface area contributed by atoms with E-state index in [2.05, 4.69) is 20.4 Å². The molecule has 0 aromatic carbocycles. The van der Waals surface area contributed by atoms with Crippen LogP contribution in [0.2, 0.25) is 0 Å². The Morgan fingerprint density at radius 3 is 3.00 bits per heavy atom. The molecule has 1 aliphatic heterocycles. The van der Waals surface area contributed by atoms with Crippen molar-refractivity contribution in [2.24, 2.45) is 0 Å². The minimum Gasteiger partial charge on any atom is -0.317 e. The summed E-state index contributed by atoms with van der Waals surface area (Å²) in [7, 11) is 0. The van der Waals surface area contributed by atoms with Crippen molar-refractivity contribution in [1.82, 2.24) is 24.9 Å². The lowest BCUT2D eigenvalue weighted by atomic mass is 9.94. The zero-order valence-corrected chi connectivity index (χ0v) is 11.0. The van der Waals surface area contributed by atoms with Crippen molar-refractivity contribution >= 4 is 16.7 Å². The molecular formula is C14H15N5O. The SMILES string of the molecule is O=c1cc(C2CCNCC2)n2nc3ncccc3c2[nH]1. The van der Waals surface area contributed by atoms with Crippen molar-refractivity contribution in [3.05, 3.63) is 40.4 Å². The Balaban J connectivity index is 2.02. The molecule has 6 heteroatoms. The molecule has 102 valence electrons. The number of fused-ring (bicyclic) bond motifs is 3. The average molecular weight is 269 g/mol. The molecule has 4 heterocycles. The van der Waals surface area contributed by atoms with Crippen molar-refractivity contribution in [2.45, 2.75) is 18.8 Å². The molecule has 0 bridgehead atoms. The van der Waals surface area contributed by atoms with Crippen LogP contribution in [0.1, 0.15) is 24.5 Å². The van der Waals surface area contributed by atoms with E-state index in [1.807, 2.05) is 16.6 Å². The van der Waals surface area contributed by atoms with Crippen molar-refractivity contribution < 1.29 is 0 Å². The first kappa shape index (κ1) is 11.6. The van der Waals surface area contributed by atoms with Gasteiger partial charge in [-0.15, -0.1) is 5.10 Å². The van der Waals surface area contributed by atoms with Crippen LogP contribution in [0.5, 0.6) is 0 Å². The van der Waals surface area contributed by atoms with Crippen LogP contribution in [0.3, 0.4) is 0 Å². The van der Waals surface area contributed by atoms with Crippen LogP contribution in [0, 0.1) is 0 Å². The molecule has 0 unspecified atom stereocenters. The van der Waals surface area contributed by atoms with Crippen LogP contribution in [0.4, 0.5) is 0 Å². The lowest BCUT2D eigenvalue weighted by Crippen LogP contribution is -2.28. The molecular weight excluding hydrogens is 254 g/mol. The van der Waals surface area contributed by atoms with Gasteiger partial charge < -0.3 is 10.3 Å². The number of piperidine rings is 1. The van der Waals surface area contributed by atoms with Gasteiger partial charge in [0.25, 0.3) is 5.56 Å². The Bertz CT molecular complexity index is 828. The summed E-state index contributed by atoms with van der Waals surface area (Å²) in [5.41, 5.74) is 2.33. The largest absolute Gasteiger partial charge is 0.317 e. The van der Waals surface area contributed by atoms with Gasteiger partial charge in [-0.3, -0.25) is 4.79 Å². The lowest BCUT2D eigenvalue weighted by Gasteiger charge is -2.22. The summed E-state index contributed by atoms with van der Waals surface area (Å²) >= 11 is 0. The van der Waals surface area contributed by atoms with Gasteiger partial charge in [-0.2, -0.15) is 0 Å². The quantitative estimate of drug-likeness (QED) is 0.692. The lowest BCUT2D eigenvalue weighted by molar-refractivity contribution is 0.446. The van der Waals surface area contributed by atoms with E-state index in [0.717, 1.165) is 42.7 Å². The topological polar surface area (TPSA) is 75.1 Å². The third-order valence-corrected chi connectivity index (χ3v) is 3.97. The second-order valence-corrected chi connectivity index (χ2v) is 5.22. The number of nitrogens with zero attached hydrogens (tertiary/aromatic N) is 3. The highest BCUT2D eigenvalue weighted by Gasteiger charge is 2.20. The molecule has 0 radical (unpaired) electrons. The van der Waals surface area contributed by atoms with Crippen LogP contribution in [0.25, 0.3) is 16.7 Å². The third kappa shape index (κ3) is 1.72. The minimum atomic E-state index is -0.0725. The summed E-state index contributed by atoms with van der Waals surface area (Å²) in [6.07, 6.45) is 3.78. The van der Waals surface area contributed by atoms with Crippen LogP contribution >= 0.6 is 0 Å². The Morgan fingerprint density at radius 1 is 1.30 bits per heavy atom. The Labute approximate surface area is 114 Å². The first-order chi connectivity index (χ1) is 9.83. The average Bonchev–Trinajstić information content (AvgIpc) is 2.86. The van der Waals surface area contributed by atoms with Gasteiger partial charge in [0.05, 0.1) is 11.1 Å². The van der Waals surface area contributed by atoms with E-state index in [0.29, 0.717) is 11.6 Å². The van der Waals surface area contributed by atoms with Gasteiger partial charge in [-0.05, 0) is 38.1 Å². The molecule has 2 N–H and O–H groups in total. The van der Waals surface area contributed by atoms with Gasteiger partial charge in [-0.1, -0.05) is 0 Å². The first-order valence-corrected chi connectivity index (χ1v) is 6.90. The second-order valence-electron chi connectivity index (χ2n) is 5.22. The normalized spacial score (nSPS) is 17.0. The van der Waals surface area contributed by atoms with Crippen LogP contribution < -0.4 is 10.9 Å². The Hall–Kier alpha value is -2.21. The van der Waals surface area contributed by atoms with Crippen molar-refractivity contribution in [1.29, 1.82) is 0 Å². The van der Waals surface area contributed by atoms with Crippen LogP contribution in [-0.4, -0.2) is 32.7 Å². The number of rotatable bonds is 1. The highest BCUT2D eigenvalue weighted by atomic mass is 16.1. The highest BCUT2D eigenvalue weighted by molar-refractivity contribution is 5.89. The van der Waals surface area contributed by atoms with Crippen molar-refractivity contribution in [3.63, 3.8) is 0 Å². The fraction of sp³-hybridized carbons (Fsp3) is 0.357. The molecule has 1 fully saturated rings. The van der Waals surface area contributed by atoms with E-state index in [1.54, 1.807) is 12.3 Å². The maximum absolute atomic E-state index is 12.0. The first-order valence-electron chi connectivity index (χ1n) is 6.90. The molecule has 1 aliphatic rings. The number of hydrogen-bond acceptors (Lipinski definition) is 4. The summed E-state index contributed by atoms with van der Waals surface area (Å²) in [4.78, 5) is 19.1. The Kier molecular flexibility index (Phi) is 2.56. The van der Waals surface area contributed by atoms with Gasteiger partial charge in [0.1, 0.15) is 5.65 Å². The van der Waals surface area contributed by atoms with Gasteiger partial charge in [0.15, 0.2) is 5.65 Å². The Morgan fingerprint density at radius 2 is 2.15 bits per heavy atom. The standard InChI is InChI=1S/C14H15N5O/c20-12-8-11(9-3-6-15-7-4-9)19-14(17-12)10-2-1-5-16-13(10)18-19/h1-2,5,8-9,15H,3-4,6-7H2,(H,17,20). The van der Waals surface area contributed by atoms with Gasteiger partial charge in [0, 0.05) is 18.2 Å². The summed E-state index contributed by atoms with van der Waals surface area (Å²) in [5.74, 6) is 0.371. The molecule has 0 atom stereocenters. The smallest absolute Gasteiger partial charge is 0.251 e. The zero-order chi connectivity index (χ0) is 13.5. The van der Waals surface area contributed by atoms with Crippen molar-refractivity contribution in [2.75, 3.05) is 13.1 Å². The third-order valence-electron chi connectivity index (χ3n) is 3.97. The molecule has 4 rings (SSSR count). The summed E-state index contributed by atoms with van der Waals surface area (Å²) in [6, 6.07) is 5.47. The number of hydrogen-bond donors (Lipinski definition) is 2. The molecule has 0 amide bonds. The zero-order valence-electron chi connectivity index (χ0n) is 11.0. The van der Waals surface area contributed by atoms with Crippen LogP contribution in [-0.2, 0) is 0 Å². The minimum absolute atomic E-state index is 0.0725. The van der Waals surface area contributed by atoms with Gasteiger partial charge in [-0.25, -0.2) is 9.50 Å². The summed E-state index contributed by atoms with van der Waals surface area (Å²) < 4.78 is 1.86. The summed E-state index contributed by atoms with van der Waals surface area (Å²) in [5, 5.41) is 8.78. The molecule has 3 aromatic heterocycles. The molecule has 6 nitrogen and oxygen atoms in total. The maximum Gasteiger partial charge on any atom is 0.251 e. The van der Waals surface area contributed by atoms with E-state index in [9.17, 15) is 4.79 Å². The number of H-pyrrole nitrogens is 1. The molecule has 1 saturated heterocycles. The molecule has 0 aliphatic carbocycles. The predicted octanol–water partition coefficient (Wildman–Crippen LogP) is 1.04. The summed E-state index contributed by atoms with van der Waals surface area (Å²) in [6.45, 7) is 1.97. The van der Waals surface area contributed by atoms with Gasteiger partial charge >= 0.3 is 0 Å². The molecule has 3 aromatic rings. The number of nitrogens with one attached hydrogen (secondary N) is 2. The molecule has 0 saturated carbocycles. The van der Waals surface area contributed by atoms with Crippen LogP contribution in [0.15, 0.2) is 29.2 Å². The molecule has 0 spiro atoms. The maximum atomic E-state index is 12.0.